The molecule has 140 valence electrons. The predicted molar refractivity (Wildman–Crippen MR) is 103 cm³/mol. The third-order valence-electron chi connectivity index (χ3n) is 5.45. The van der Waals surface area contributed by atoms with Crippen molar-refractivity contribution < 1.29 is 9.90 Å². The van der Waals surface area contributed by atoms with Crippen molar-refractivity contribution in [2.75, 3.05) is 13.1 Å². The highest BCUT2D eigenvalue weighted by molar-refractivity contribution is 5.95. The quantitative estimate of drug-likeness (QED) is 0.772. The van der Waals surface area contributed by atoms with E-state index in [0.29, 0.717) is 25.1 Å². The fraction of sp³-hybridized carbons (Fsp3) is 0.381. The summed E-state index contributed by atoms with van der Waals surface area (Å²) in [4.78, 5) is 19.3. The highest BCUT2D eigenvalue weighted by Crippen LogP contribution is 2.24. The number of β-amino-alcohol motifs (C(OH)–C–C–N with tert-alkyl or cyclic N) is 1. The molecular weight excluding hydrogens is 340 g/mol. The molecule has 0 saturated carbocycles. The number of aromatic nitrogens is 3. The zero-order valence-electron chi connectivity index (χ0n) is 15.7. The molecule has 3 heterocycles. The SMILES string of the molecule is CCn1ncc(C(=O)N2C[C@@H](Cc3ccc4ccccc4n3)[C@H](O)C2)c1C. The monoisotopic (exact) mass is 364 g/mol. The number of para-hydroxylation sites is 1. The van der Waals surface area contributed by atoms with Gasteiger partial charge in [0, 0.05) is 42.3 Å². The van der Waals surface area contributed by atoms with Crippen molar-refractivity contribution >= 4 is 16.8 Å². The van der Waals surface area contributed by atoms with Crippen molar-refractivity contribution in [1.82, 2.24) is 19.7 Å². The smallest absolute Gasteiger partial charge is 0.257 e. The molecule has 6 heteroatoms. The predicted octanol–water partition coefficient (Wildman–Crippen LogP) is 2.44. The van der Waals surface area contributed by atoms with Crippen molar-refractivity contribution in [3.63, 3.8) is 0 Å². The number of likely N-dealkylation sites (tertiary alicyclic amines) is 1. The van der Waals surface area contributed by atoms with Crippen molar-refractivity contribution in [2.24, 2.45) is 5.92 Å². The van der Waals surface area contributed by atoms with E-state index < -0.39 is 6.10 Å². The number of aliphatic hydroxyl groups is 1. The summed E-state index contributed by atoms with van der Waals surface area (Å²) in [6, 6.07) is 12.1. The van der Waals surface area contributed by atoms with Crippen LogP contribution in [0, 0.1) is 12.8 Å². The number of aryl methyl sites for hydroxylation is 1. The standard InChI is InChI=1S/C21H24N4O2/c1-3-25-14(2)18(11-22-25)21(27)24-12-16(20(26)13-24)10-17-9-8-15-6-4-5-7-19(15)23-17/h4-9,11,16,20,26H,3,10,12-13H2,1-2H3/t16-,20-/m1/s1. The molecule has 6 nitrogen and oxygen atoms in total. The molecule has 3 aromatic rings. The number of carbonyl (C=O) groups excluding carboxylic acids is 1. The Balaban J connectivity index is 1.48. The van der Waals surface area contributed by atoms with Crippen molar-refractivity contribution in [2.45, 2.75) is 32.9 Å². The minimum Gasteiger partial charge on any atom is -0.391 e. The van der Waals surface area contributed by atoms with Gasteiger partial charge in [-0.05, 0) is 32.4 Å². The van der Waals surface area contributed by atoms with Gasteiger partial charge in [-0.3, -0.25) is 14.5 Å². The molecule has 1 aromatic carbocycles. The van der Waals surface area contributed by atoms with Crippen molar-refractivity contribution in [1.29, 1.82) is 0 Å². The molecule has 0 unspecified atom stereocenters. The van der Waals surface area contributed by atoms with Crippen LogP contribution in [-0.2, 0) is 13.0 Å². The summed E-state index contributed by atoms with van der Waals surface area (Å²) in [5, 5.41) is 15.9. The van der Waals surface area contributed by atoms with E-state index in [0.717, 1.165) is 28.8 Å². The van der Waals surface area contributed by atoms with Crippen LogP contribution in [0.15, 0.2) is 42.6 Å². The lowest BCUT2D eigenvalue weighted by atomic mass is 9.99. The average molecular weight is 364 g/mol. The molecule has 1 fully saturated rings. The van der Waals surface area contributed by atoms with Gasteiger partial charge >= 0.3 is 0 Å². The van der Waals surface area contributed by atoms with E-state index in [2.05, 4.69) is 11.2 Å². The number of rotatable bonds is 4. The average Bonchev–Trinajstić information content (AvgIpc) is 3.23. The van der Waals surface area contributed by atoms with Crippen LogP contribution in [0.3, 0.4) is 0 Å². The van der Waals surface area contributed by atoms with Gasteiger partial charge in [0.15, 0.2) is 0 Å². The number of carbonyl (C=O) groups is 1. The number of nitrogens with zero attached hydrogens (tertiary/aromatic N) is 4. The van der Waals surface area contributed by atoms with Gasteiger partial charge in [-0.15, -0.1) is 0 Å². The van der Waals surface area contributed by atoms with E-state index in [1.54, 1.807) is 11.1 Å². The lowest BCUT2D eigenvalue weighted by molar-refractivity contribution is 0.0763. The largest absolute Gasteiger partial charge is 0.391 e. The molecule has 2 atom stereocenters. The summed E-state index contributed by atoms with van der Waals surface area (Å²) in [6.07, 6.45) is 1.75. The van der Waals surface area contributed by atoms with Crippen molar-refractivity contribution in [3.05, 3.63) is 59.5 Å². The number of amides is 1. The highest BCUT2D eigenvalue weighted by Gasteiger charge is 2.35. The molecule has 1 aliphatic heterocycles. The number of aliphatic hydroxyl groups excluding tert-OH is 1. The maximum absolute atomic E-state index is 12.9. The maximum atomic E-state index is 12.9. The van der Waals surface area contributed by atoms with Crippen LogP contribution in [0.5, 0.6) is 0 Å². The zero-order chi connectivity index (χ0) is 19.0. The van der Waals surface area contributed by atoms with Gasteiger partial charge in [-0.2, -0.15) is 5.10 Å². The van der Waals surface area contributed by atoms with Gasteiger partial charge in [0.1, 0.15) is 0 Å². The minimum atomic E-state index is -0.538. The fourth-order valence-corrected chi connectivity index (χ4v) is 3.86. The number of pyridine rings is 1. The molecule has 27 heavy (non-hydrogen) atoms. The number of benzene rings is 1. The van der Waals surface area contributed by atoms with E-state index in [9.17, 15) is 9.90 Å². The van der Waals surface area contributed by atoms with Gasteiger partial charge in [0.05, 0.1) is 23.4 Å². The summed E-state index contributed by atoms with van der Waals surface area (Å²) >= 11 is 0. The Labute approximate surface area is 158 Å². The molecule has 1 amide bonds. The van der Waals surface area contributed by atoms with Crippen LogP contribution < -0.4 is 0 Å². The minimum absolute atomic E-state index is 0.0101. The van der Waals surface area contributed by atoms with Gasteiger partial charge in [-0.25, -0.2) is 0 Å². The highest BCUT2D eigenvalue weighted by atomic mass is 16.3. The Morgan fingerprint density at radius 3 is 2.81 bits per heavy atom. The second-order valence-electron chi connectivity index (χ2n) is 7.20. The first-order valence-corrected chi connectivity index (χ1v) is 9.41. The van der Waals surface area contributed by atoms with Crippen molar-refractivity contribution in [3.8, 4) is 0 Å². The molecule has 0 spiro atoms. The molecule has 4 rings (SSSR count). The number of fused-ring (bicyclic) bond motifs is 1. The third-order valence-corrected chi connectivity index (χ3v) is 5.45. The zero-order valence-corrected chi connectivity index (χ0v) is 15.7. The Bertz CT molecular complexity index is 981. The molecule has 0 bridgehead atoms. The van der Waals surface area contributed by atoms with Crippen LogP contribution in [0.1, 0.15) is 28.7 Å². The first kappa shape index (κ1) is 17.7. The van der Waals surface area contributed by atoms with E-state index >= 15 is 0 Å². The van der Waals surface area contributed by atoms with Gasteiger partial charge in [0.25, 0.3) is 5.91 Å². The van der Waals surface area contributed by atoms with Crippen LogP contribution in [0.25, 0.3) is 10.9 Å². The van der Waals surface area contributed by atoms with Gasteiger partial charge in [-0.1, -0.05) is 24.3 Å². The lowest BCUT2D eigenvalue weighted by Gasteiger charge is -2.16. The van der Waals surface area contributed by atoms with Gasteiger partial charge < -0.3 is 10.0 Å². The molecule has 0 radical (unpaired) electrons. The molecule has 2 aromatic heterocycles. The molecule has 1 saturated heterocycles. The third kappa shape index (κ3) is 3.32. The second kappa shape index (κ2) is 7.12. The lowest BCUT2D eigenvalue weighted by Crippen LogP contribution is -2.30. The molecule has 0 aliphatic carbocycles. The molecule has 1 aliphatic rings. The normalized spacial score (nSPS) is 19.7. The molecule has 1 N–H and O–H groups in total. The topological polar surface area (TPSA) is 71.2 Å². The van der Waals surface area contributed by atoms with Crippen LogP contribution in [-0.4, -0.2) is 49.9 Å². The van der Waals surface area contributed by atoms with E-state index in [4.69, 9.17) is 4.98 Å². The Morgan fingerprint density at radius 2 is 2.04 bits per heavy atom. The Morgan fingerprint density at radius 1 is 1.22 bits per heavy atom. The first-order chi connectivity index (χ1) is 13.1. The first-order valence-electron chi connectivity index (χ1n) is 9.41. The summed E-state index contributed by atoms with van der Waals surface area (Å²) in [6.45, 7) is 5.53. The van der Waals surface area contributed by atoms with Crippen LogP contribution in [0.2, 0.25) is 0 Å². The summed E-state index contributed by atoms with van der Waals surface area (Å²) in [5.74, 6) is -0.0654. The van der Waals surface area contributed by atoms with E-state index in [1.807, 2.05) is 48.9 Å². The summed E-state index contributed by atoms with van der Waals surface area (Å²) in [5.41, 5.74) is 3.39. The Hall–Kier alpha value is -2.73. The maximum Gasteiger partial charge on any atom is 0.257 e. The Kier molecular flexibility index (Phi) is 4.66. The molecular formula is C21H24N4O2. The second-order valence-corrected chi connectivity index (χ2v) is 7.20. The fourth-order valence-electron chi connectivity index (χ4n) is 3.86. The van der Waals surface area contributed by atoms with Crippen LogP contribution in [0.4, 0.5) is 0 Å². The van der Waals surface area contributed by atoms with Gasteiger partial charge in [0.2, 0.25) is 0 Å². The number of hydrogen-bond donors (Lipinski definition) is 1. The van der Waals surface area contributed by atoms with E-state index in [-0.39, 0.29) is 11.8 Å². The van der Waals surface area contributed by atoms with Crippen LogP contribution >= 0.6 is 0 Å². The summed E-state index contributed by atoms with van der Waals surface area (Å²) in [7, 11) is 0. The van der Waals surface area contributed by atoms with E-state index in [1.165, 1.54) is 0 Å². The number of hydrogen-bond acceptors (Lipinski definition) is 4. The summed E-state index contributed by atoms with van der Waals surface area (Å²) < 4.78 is 1.82.